The maximum Gasteiger partial charge on any atom is 0.317 e. The zero-order chi connectivity index (χ0) is 19.4. The van der Waals surface area contributed by atoms with Crippen molar-refractivity contribution in [3.63, 3.8) is 0 Å². The van der Waals surface area contributed by atoms with E-state index in [1.165, 1.54) is 11.1 Å². The van der Waals surface area contributed by atoms with Gasteiger partial charge in [0.1, 0.15) is 0 Å². The summed E-state index contributed by atoms with van der Waals surface area (Å²) in [5.74, 6) is 0.113. The lowest BCUT2D eigenvalue weighted by atomic mass is 9.95. The van der Waals surface area contributed by atoms with Crippen molar-refractivity contribution in [1.29, 1.82) is 0 Å². The molecule has 0 bridgehead atoms. The first-order valence-electron chi connectivity index (χ1n) is 10.1. The van der Waals surface area contributed by atoms with E-state index in [9.17, 15) is 9.59 Å². The number of nitrogens with zero attached hydrogens (tertiary/aromatic N) is 2. The van der Waals surface area contributed by atoms with Gasteiger partial charge in [0.25, 0.3) is 0 Å². The minimum absolute atomic E-state index is 0.0269. The Morgan fingerprint density at radius 2 is 1.81 bits per heavy atom. The number of nitrogens with two attached hydrogens (primary N) is 1. The molecule has 3 rings (SSSR count). The molecule has 1 aromatic rings. The normalized spacial score (nSPS) is 19.6. The van der Waals surface area contributed by atoms with Crippen LogP contribution in [0.2, 0.25) is 0 Å². The molecule has 1 aromatic carbocycles. The summed E-state index contributed by atoms with van der Waals surface area (Å²) in [5, 5.41) is 3.13. The zero-order valence-electron chi connectivity index (χ0n) is 16.5. The van der Waals surface area contributed by atoms with E-state index in [-0.39, 0.29) is 17.9 Å². The molecule has 2 aliphatic heterocycles. The average molecular weight is 373 g/mol. The summed E-state index contributed by atoms with van der Waals surface area (Å²) in [6, 6.07) is 8.92. The molecule has 0 aliphatic carbocycles. The van der Waals surface area contributed by atoms with Crippen LogP contribution in [0.3, 0.4) is 0 Å². The molecule has 0 unspecified atom stereocenters. The van der Waals surface area contributed by atoms with Gasteiger partial charge in [-0.2, -0.15) is 0 Å². The molecule has 3 N–H and O–H groups in total. The Morgan fingerprint density at radius 1 is 1.15 bits per heavy atom. The Balaban J connectivity index is 1.53. The van der Waals surface area contributed by atoms with E-state index in [0.717, 1.165) is 19.5 Å². The molecule has 3 amide bonds. The summed E-state index contributed by atoms with van der Waals surface area (Å²) < 4.78 is 0. The molecule has 0 spiro atoms. The van der Waals surface area contributed by atoms with Crippen molar-refractivity contribution >= 4 is 11.9 Å². The van der Waals surface area contributed by atoms with E-state index in [2.05, 4.69) is 48.3 Å². The van der Waals surface area contributed by atoms with Crippen LogP contribution in [-0.4, -0.2) is 54.0 Å². The Labute approximate surface area is 162 Å². The summed E-state index contributed by atoms with van der Waals surface area (Å²) >= 11 is 0. The molecule has 0 radical (unpaired) electrons. The number of piperidine rings is 1. The van der Waals surface area contributed by atoms with Crippen LogP contribution in [-0.2, 0) is 17.8 Å². The summed E-state index contributed by atoms with van der Waals surface area (Å²) in [4.78, 5) is 28.1. The average Bonchev–Trinajstić information content (AvgIpc) is 2.67. The van der Waals surface area contributed by atoms with Crippen LogP contribution in [0, 0.1) is 11.8 Å². The van der Waals surface area contributed by atoms with E-state index >= 15 is 0 Å². The topological polar surface area (TPSA) is 78.7 Å². The Kier molecular flexibility index (Phi) is 6.37. The lowest BCUT2D eigenvalue weighted by molar-refractivity contribution is -0.123. The number of fused-ring (bicyclic) bond motifs is 1. The van der Waals surface area contributed by atoms with Gasteiger partial charge >= 0.3 is 6.03 Å². The predicted molar refractivity (Wildman–Crippen MR) is 106 cm³/mol. The van der Waals surface area contributed by atoms with E-state index in [0.29, 0.717) is 44.4 Å². The smallest absolute Gasteiger partial charge is 0.317 e. The molecule has 6 heteroatoms. The molecular formula is C21H32N4O2. The second-order valence-corrected chi connectivity index (χ2v) is 8.15. The third-order valence-electron chi connectivity index (χ3n) is 6.05. The van der Waals surface area contributed by atoms with E-state index in [4.69, 9.17) is 5.73 Å². The first-order valence-corrected chi connectivity index (χ1v) is 10.1. The SMILES string of the molecule is CC(C)[C@H](CNC(=O)N1CCC(C(N)=O)CC1)N1CCc2ccccc2C1. The van der Waals surface area contributed by atoms with Gasteiger partial charge in [-0.25, -0.2) is 4.79 Å². The number of amides is 3. The molecule has 1 atom stereocenters. The lowest BCUT2D eigenvalue weighted by Gasteiger charge is -2.38. The third-order valence-corrected chi connectivity index (χ3v) is 6.05. The molecule has 1 saturated heterocycles. The Morgan fingerprint density at radius 3 is 2.44 bits per heavy atom. The fourth-order valence-corrected chi connectivity index (χ4v) is 4.26. The van der Waals surface area contributed by atoms with Crippen LogP contribution in [0.1, 0.15) is 37.8 Å². The molecule has 2 aliphatic rings. The number of hydrogen-bond acceptors (Lipinski definition) is 3. The molecule has 6 nitrogen and oxygen atoms in total. The van der Waals surface area contributed by atoms with Gasteiger partial charge in [-0.1, -0.05) is 38.1 Å². The Bertz CT molecular complexity index is 668. The van der Waals surface area contributed by atoms with Crippen LogP contribution in [0.25, 0.3) is 0 Å². The number of carbonyl (C=O) groups is 2. The fraction of sp³-hybridized carbons (Fsp3) is 0.619. The van der Waals surface area contributed by atoms with Crippen molar-refractivity contribution in [3.05, 3.63) is 35.4 Å². The summed E-state index contributed by atoms with van der Waals surface area (Å²) in [7, 11) is 0. The van der Waals surface area contributed by atoms with Crippen LogP contribution in [0.15, 0.2) is 24.3 Å². The number of primary amides is 1. The number of benzene rings is 1. The molecule has 2 heterocycles. The van der Waals surface area contributed by atoms with Gasteiger partial charge < -0.3 is 16.0 Å². The van der Waals surface area contributed by atoms with Crippen molar-refractivity contribution < 1.29 is 9.59 Å². The van der Waals surface area contributed by atoms with Gasteiger partial charge in [-0.05, 0) is 36.3 Å². The molecule has 27 heavy (non-hydrogen) atoms. The van der Waals surface area contributed by atoms with Crippen LogP contribution < -0.4 is 11.1 Å². The highest BCUT2D eigenvalue weighted by Crippen LogP contribution is 2.23. The van der Waals surface area contributed by atoms with Gasteiger partial charge in [0.15, 0.2) is 0 Å². The maximum absolute atomic E-state index is 12.6. The van der Waals surface area contributed by atoms with Crippen molar-refractivity contribution in [3.8, 4) is 0 Å². The number of urea groups is 1. The van der Waals surface area contributed by atoms with Crippen LogP contribution in [0.4, 0.5) is 4.79 Å². The van der Waals surface area contributed by atoms with E-state index < -0.39 is 0 Å². The van der Waals surface area contributed by atoms with E-state index in [1.54, 1.807) is 0 Å². The maximum atomic E-state index is 12.6. The standard InChI is InChI=1S/C21H32N4O2/c1-15(2)19(25-12-7-16-5-3-4-6-18(16)14-25)13-23-21(27)24-10-8-17(9-11-24)20(22)26/h3-6,15,17,19H,7-14H2,1-2H3,(H2,22,26)(H,23,27)/t19-/m0/s1. The van der Waals surface area contributed by atoms with Crippen molar-refractivity contribution in [2.45, 2.75) is 45.7 Å². The highest BCUT2D eigenvalue weighted by atomic mass is 16.2. The third kappa shape index (κ3) is 4.80. The monoisotopic (exact) mass is 372 g/mol. The minimum atomic E-state index is -0.250. The van der Waals surface area contributed by atoms with E-state index in [1.807, 2.05) is 4.90 Å². The van der Waals surface area contributed by atoms with Gasteiger partial charge in [0.05, 0.1) is 0 Å². The molecule has 148 valence electrons. The Hall–Kier alpha value is -2.08. The first kappa shape index (κ1) is 19.7. The zero-order valence-corrected chi connectivity index (χ0v) is 16.5. The van der Waals surface area contributed by atoms with Crippen LogP contribution >= 0.6 is 0 Å². The highest BCUT2D eigenvalue weighted by Gasteiger charge is 2.29. The summed E-state index contributed by atoms with van der Waals surface area (Å²) in [5.41, 5.74) is 8.21. The second kappa shape index (κ2) is 8.74. The van der Waals surface area contributed by atoms with Gasteiger partial charge in [0.2, 0.25) is 5.91 Å². The van der Waals surface area contributed by atoms with Gasteiger partial charge in [-0.15, -0.1) is 0 Å². The number of likely N-dealkylation sites (tertiary alicyclic amines) is 1. The second-order valence-electron chi connectivity index (χ2n) is 8.15. The van der Waals surface area contributed by atoms with Crippen molar-refractivity contribution in [2.75, 3.05) is 26.2 Å². The fourth-order valence-electron chi connectivity index (χ4n) is 4.26. The highest BCUT2D eigenvalue weighted by molar-refractivity contribution is 5.78. The number of hydrogen-bond donors (Lipinski definition) is 2. The van der Waals surface area contributed by atoms with Gasteiger partial charge in [-0.3, -0.25) is 9.69 Å². The van der Waals surface area contributed by atoms with Crippen molar-refractivity contribution in [1.82, 2.24) is 15.1 Å². The van der Waals surface area contributed by atoms with Gasteiger partial charge in [0, 0.05) is 44.7 Å². The lowest BCUT2D eigenvalue weighted by Crippen LogP contribution is -2.52. The quantitative estimate of drug-likeness (QED) is 0.829. The number of nitrogens with one attached hydrogen (secondary N) is 1. The largest absolute Gasteiger partial charge is 0.369 e. The number of rotatable bonds is 5. The molecule has 1 fully saturated rings. The van der Waals surface area contributed by atoms with Crippen molar-refractivity contribution in [2.24, 2.45) is 17.6 Å². The minimum Gasteiger partial charge on any atom is -0.369 e. The first-order chi connectivity index (χ1) is 13.0. The van der Waals surface area contributed by atoms with Crippen LogP contribution in [0.5, 0.6) is 0 Å². The predicted octanol–water partition coefficient (Wildman–Crippen LogP) is 1.98. The summed E-state index contributed by atoms with van der Waals surface area (Å²) in [6.45, 7) is 8.25. The number of carbonyl (C=O) groups excluding carboxylic acids is 2. The molecule has 0 saturated carbocycles. The molecule has 0 aromatic heterocycles. The molecular weight excluding hydrogens is 340 g/mol. The summed E-state index contributed by atoms with van der Waals surface area (Å²) in [6.07, 6.45) is 2.40.